The first kappa shape index (κ1) is 18.6. The topological polar surface area (TPSA) is 156 Å². The Hall–Kier alpha value is -4.20. The highest BCUT2D eigenvalue weighted by Gasteiger charge is 2.27. The molecule has 0 aliphatic carbocycles. The smallest absolute Gasteiger partial charge is 0.340 e. The number of hydrogen-bond donors (Lipinski definition) is 6. The van der Waals surface area contributed by atoms with Crippen molar-refractivity contribution < 1.29 is 40.2 Å². The Bertz CT molecular complexity index is 1030. The van der Waals surface area contributed by atoms with Gasteiger partial charge in [0.25, 0.3) is 0 Å². The molecule has 0 amide bonds. The molecule has 8 heteroatoms. The highest BCUT2D eigenvalue weighted by Crippen LogP contribution is 2.48. The van der Waals surface area contributed by atoms with E-state index in [4.69, 9.17) is 0 Å². The Morgan fingerprint density at radius 1 is 0.536 bits per heavy atom. The fourth-order valence-corrected chi connectivity index (χ4v) is 3.07. The minimum Gasteiger partial charge on any atom is -0.507 e. The molecule has 0 aliphatic rings. The molecule has 8 nitrogen and oxygen atoms in total. The molecule has 3 aromatic rings. The van der Waals surface area contributed by atoms with Crippen molar-refractivity contribution in [1.29, 1.82) is 0 Å². The Labute approximate surface area is 157 Å². The molecule has 0 aromatic heterocycles. The lowest BCUT2D eigenvalue weighted by Crippen LogP contribution is -2.04. The van der Waals surface area contributed by atoms with E-state index in [1.807, 2.05) is 0 Å². The van der Waals surface area contributed by atoms with Gasteiger partial charge < -0.3 is 30.6 Å². The van der Waals surface area contributed by atoms with E-state index in [-0.39, 0.29) is 22.3 Å². The molecule has 0 fully saturated rings. The summed E-state index contributed by atoms with van der Waals surface area (Å²) in [5.41, 5.74) is -1.78. The van der Waals surface area contributed by atoms with Crippen molar-refractivity contribution in [2.45, 2.75) is 0 Å². The van der Waals surface area contributed by atoms with Crippen LogP contribution in [0.2, 0.25) is 0 Å². The molecular formula is C20H14O8. The first-order chi connectivity index (χ1) is 13.2. The molecule has 0 radical (unpaired) electrons. The summed E-state index contributed by atoms with van der Waals surface area (Å²) in [5.74, 6) is -5.05. The van der Waals surface area contributed by atoms with E-state index in [0.717, 1.165) is 24.3 Å². The molecule has 0 aliphatic heterocycles. The molecule has 0 atom stereocenters. The van der Waals surface area contributed by atoms with Crippen molar-refractivity contribution in [3.8, 4) is 45.3 Å². The minimum absolute atomic E-state index is 0.143. The zero-order valence-electron chi connectivity index (χ0n) is 14.1. The first-order valence-corrected chi connectivity index (χ1v) is 7.90. The average molecular weight is 382 g/mol. The molecule has 0 bridgehead atoms. The van der Waals surface area contributed by atoms with Gasteiger partial charge in [0.1, 0.15) is 34.1 Å². The number of aromatic hydroxyl groups is 4. The fraction of sp³-hybridized carbons (Fsp3) is 0. The maximum Gasteiger partial charge on any atom is 0.340 e. The van der Waals surface area contributed by atoms with Crippen LogP contribution in [-0.2, 0) is 0 Å². The predicted octanol–water partition coefficient (Wildman–Crippen LogP) is 3.24. The Morgan fingerprint density at radius 2 is 0.893 bits per heavy atom. The van der Waals surface area contributed by atoms with E-state index in [1.54, 1.807) is 0 Å². The summed E-state index contributed by atoms with van der Waals surface area (Å²) in [4.78, 5) is 23.3. The molecule has 0 spiro atoms. The van der Waals surface area contributed by atoms with E-state index >= 15 is 0 Å². The normalized spacial score (nSPS) is 10.6. The molecule has 28 heavy (non-hydrogen) atoms. The summed E-state index contributed by atoms with van der Waals surface area (Å²) in [6.45, 7) is 0. The molecule has 6 N–H and O–H groups in total. The lowest BCUT2D eigenvalue weighted by atomic mass is 9.88. The molecule has 0 saturated heterocycles. The van der Waals surface area contributed by atoms with E-state index in [2.05, 4.69) is 0 Å². The number of aromatic carboxylic acids is 2. The van der Waals surface area contributed by atoms with Crippen LogP contribution in [0.5, 0.6) is 23.0 Å². The van der Waals surface area contributed by atoms with Gasteiger partial charge in [0.05, 0.1) is 0 Å². The van der Waals surface area contributed by atoms with Gasteiger partial charge in [-0.2, -0.15) is 0 Å². The maximum atomic E-state index is 11.7. The van der Waals surface area contributed by atoms with Crippen molar-refractivity contribution in [2.75, 3.05) is 0 Å². The van der Waals surface area contributed by atoms with Gasteiger partial charge in [-0.05, 0) is 24.3 Å². The Balaban J connectivity index is 2.49. The second kappa shape index (κ2) is 6.84. The number of carboxylic acids is 2. The molecule has 0 unspecified atom stereocenters. The summed E-state index contributed by atoms with van der Waals surface area (Å²) >= 11 is 0. The van der Waals surface area contributed by atoms with Gasteiger partial charge in [0.2, 0.25) is 0 Å². The average Bonchev–Trinajstić information content (AvgIpc) is 2.62. The van der Waals surface area contributed by atoms with Crippen LogP contribution in [-0.4, -0.2) is 42.6 Å². The fourth-order valence-electron chi connectivity index (χ4n) is 3.07. The Morgan fingerprint density at radius 3 is 1.21 bits per heavy atom. The summed E-state index contributed by atoms with van der Waals surface area (Å²) in [6.07, 6.45) is 0. The second-order valence-corrected chi connectivity index (χ2v) is 5.86. The standard InChI is InChI=1S/C20H14O8/c21-11-5-1-3-9(17(11)19(25)26)15-13(23)7-8-14(24)16(15)10-4-2-6-12(22)18(10)20(27)28/h1-8,21-24H,(H,25,26)(H,27,28). The van der Waals surface area contributed by atoms with Gasteiger partial charge in [-0.25, -0.2) is 9.59 Å². The third-order valence-electron chi connectivity index (χ3n) is 4.21. The quantitative estimate of drug-likeness (QED) is 0.376. The monoisotopic (exact) mass is 382 g/mol. The number of carboxylic acid groups (broad SMARTS) is 2. The van der Waals surface area contributed by atoms with Gasteiger partial charge in [-0.1, -0.05) is 24.3 Å². The van der Waals surface area contributed by atoms with E-state index < -0.39 is 46.1 Å². The summed E-state index contributed by atoms with van der Waals surface area (Å²) in [6, 6.07) is 9.76. The third-order valence-corrected chi connectivity index (χ3v) is 4.21. The lowest BCUT2D eigenvalue weighted by molar-refractivity contribution is 0.0683. The lowest BCUT2D eigenvalue weighted by Gasteiger charge is -2.18. The second-order valence-electron chi connectivity index (χ2n) is 5.86. The van der Waals surface area contributed by atoms with Gasteiger partial charge in [0, 0.05) is 22.3 Å². The van der Waals surface area contributed by atoms with Crippen LogP contribution < -0.4 is 0 Å². The van der Waals surface area contributed by atoms with Crippen molar-refractivity contribution >= 4 is 11.9 Å². The number of phenols is 4. The van der Waals surface area contributed by atoms with Crippen molar-refractivity contribution in [3.63, 3.8) is 0 Å². The summed E-state index contributed by atoms with van der Waals surface area (Å²) in [7, 11) is 0. The number of benzene rings is 3. The van der Waals surface area contributed by atoms with Crippen LogP contribution in [0.1, 0.15) is 20.7 Å². The third kappa shape index (κ3) is 2.92. The number of hydrogen-bond acceptors (Lipinski definition) is 6. The van der Waals surface area contributed by atoms with Crippen molar-refractivity contribution in [3.05, 3.63) is 59.7 Å². The van der Waals surface area contributed by atoms with Crippen molar-refractivity contribution in [2.24, 2.45) is 0 Å². The zero-order valence-corrected chi connectivity index (χ0v) is 14.1. The molecule has 3 rings (SSSR count). The Kier molecular flexibility index (Phi) is 4.54. The molecule has 0 saturated carbocycles. The van der Waals surface area contributed by atoms with Crippen LogP contribution in [0.3, 0.4) is 0 Å². The highest BCUT2D eigenvalue weighted by atomic mass is 16.4. The van der Waals surface area contributed by atoms with Gasteiger partial charge in [-0.3, -0.25) is 0 Å². The zero-order chi connectivity index (χ0) is 20.6. The first-order valence-electron chi connectivity index (χ1n) is 7.90. The minimum atomic E-state index is -1.49. The van der Waals surface area contributed by atoms with Crippen LogP contribution in [0, 0.1) is 0 Å². The summed E-state index contributed by atoms with van der Waals surface area (Å²) in [5, 5.41) is 59.8. The van der Waals surface area contributed by atoms with Crippen LogP contribution >= 0.6 is 0 Å². The van der Waals surface area contributed by atoms with Gasteiger partial charge in [0.15, 0.2) is 0 Å². The van der Waals surface area contributed by atoms with Gasteiger partial charge >= 0.3 is 11.9 Å². The van der Waals surface area contributed by atoms with E-state index in [9.17, 15) is 40.2 Å². The maximum absolute atomic E-state index is 11.7. The number of carbonyl (C=O) groups is 2. The van der Waals surface area contributed by atoms with Crippen molar-refractivity contribution in [1.82, 2.24) is 0 Å². The van der Waals surface area contributed by atoms with Gasteiger partial charge in [-0.15, -0.1) is 0 Å². The van der Waals surface area contributed by atoms with E-state index in [1.165, 1.54) is 24.3 Å². The number of phenolic OH excluding ortho intramolecular Hbond substituents is 2. The molecule has 3 aromatic carbocycles. The largest absolute Gasteiger partial charge is 0.507 e. The van der Waals surface area contributed by atoms with Crippen LogP contribution in [0.25, 0.3) is 22.3 Å². The summed E-state index contributed by atoms with van der Waals surface area (Å²) < 4.78 is 0. The molecule has 142 valence electrons. The van der Waals surface area contributed by atoms with E-state index in [0.29, 0.717) is 0 Å². The highest BCUT2D eigenvalue weighted by molar-refractivity contribution is 6.07. The number of rotatable bonds is 4. The molecule has 0 heterocycles. The SMILES string of the molecule is O=C(O)c1c(O)cccc1-c1c(O)ccc(O)c1-c1cccc(O)c1C(=O)O. The molecular weight excluding hydrogens is 368 g/mol. The predicted molar refractivity (Wildman–Crippen MR) is 97.9 cm³/mol. The van der Waals surface area contributed by atoms with Crippen LogP contribution in [0.4, 0.5) is 0 Å². The van der Waals surface area contributed by atoms with Crippen LogP contribution in [0.15, 0.2) is 48.5 Å².